The summed E-state index contributed by atoms with van der Waals surface area (Å²) >= 11 is 0. The number of benzene rings is 3. The Morgan fingerprint density at radius 3 is 1.38 bits per heavy atom. The van der Waals surface area contributed by atoms with Gasteiger partial charge in [-0.2, -0.15) is 0 Å². The van der Waals surface area contributed by atoms with E-state index in [1.54, 1.807) is 6.92 Å². The average molecular weight is 1370 g/mol. The van der Waals surface area contributed by atoms with Gasteiger partial charge >= 0.3 is 18.2 Å². The fraction of sp³-hybridized carbons (Fsp3) is 0.671. The SMILES string of the molecule is C=C(C)C.C=C(C)C(=O)OCCCNC(=O)OC(C)(C)C(COc1ccccc1)COC(C)(C)C(C)(C)CCCCOC(C)(C)CCOc1cccc(OCCC(C)(C)OCCCCC(C)C(C)OCC(COc2ccccc2)C(C)(C)OC(=O)NCCCOC=O)c1.CC.CC. The third kappa shape index (κ3) is 42.3. The van der Waals surface area contributed by atoms with Crippen LogP contribution < -0.4 is 29.6 Å². The number of ether oxygens (including phenoxy) is 12. The molecule has 3 aromatic carbocycles. The summed E-state index contributed by atoms with van der Waals surface area (Å²) in [7, 11) is 0. The van der Waals surface area contributed by atoms with Crippen LogP contribution in [0.25, 0.3) is 0 Å². The molecule has 18 heteroatoms. The third-order valence-electron chi connectivity index (χ3n) is 16.6. The standard InChI is InChI=1S/C71H112N2O16.C4H8.2C2H6/c1-54(2)63(75)81-43-29-41-73-65(77)89-70(13,14)58(51-84-60-33-21-18-22-34-60)52-87-71(15,16)66(5,6)37-24-26-45-86-68(9,10)39-47-80-62-36-27-35-61(48-62)79-46-38-67(7,8)85-44-25-23-30-55(3)56(4)82-49-57(50-83-59-31-19-17-20-32-59)69(11,12)88-64(76)72-40-28-42-78-53-74;1-4(2)3;2*1-2/h17-22,27,31-36,48,53,55-58H,1,23-26,28-30,37-47,49-52H2,2-16H3,(H,72,76)(H,73,77);1H2,2-3H3;2*1-2H3. The van der Waals surface area contributed by atoms with Crippen LogP contribution in [0.15, 0.2) is 109 Å². The molecule has 4 unspecified atom stereocenters. The van der Waals surface area contributed by atoms with Crippen molar-refractivity contribution in [2.75, 3.05) is 79.2 Å². The summed E-state index contributed by atoms with van der Waals surface area (Å²) in [5, 5.41) is 5.50. The summed E-state index contributed by atoms with van der Waals surface area (Å²) in [6, 6.07) is 26.8. The Morgan fingerprint density at radius 1 is 0.495 bits per heavy atom. The highest BCUT2D eigenvalue weighted by Crippen LogP contribution is 2.40. The number of para-hydroxylation sites is 2. The van der Waals surface area contributed by atoms with Gasteiger partial charge in [-0.05, 0) is 183 Å². The molecule has 3 aromatic rings. The monoisotopic (exact) mass is 1360 g/mol. The largest absolute Gasteiger partial charge is 0.493 e. The highest BCUT2D eigenvalue weighted by molar-refractivity contribution is 5.86. The topological polar surface area (TPSA) is 203 Å². The molecular weight excluding hydrogens is 1230 g/mol. The molecule has 2 N–H and O–H groups in total. The maximum Gasteiger partial charge on any atom is 0.407 e. The first kappa shape index (κ1) is 90.7. The zero-order valence-electron chi connectivity index (χ0n) is 64.0. The maximum atomic E-state index is 13.0. The van der Waals surface area contributed by atoms with Gasteiger partial charge in [-0.25, -0.2) is 14.4 Å². The number of esters is 1. The van der Waals surface area contributed by atoms with E-state index in [1.165, 1.54) is 5.57 Å². The van der Waals surface area contributed by atoms with E-state index in [2.05, 4.69) is 93.0 Å². The summed E-state index contributed by atoms with van der Waals surface area (Å²) in [4.78, 5) is 47.8. The number of carbonyl (C=O) groups excluding carboxylic acids is 4. The van der Waals surface area contributed by atoms with Gasteiger partial charge in [0.2, 0.25) is 0 Å². The van der Waals surface area contributed by atoms with E-state index >= 15 is 0 Å². The number of unbranched alkanes of at least 4 members (excludes halogenated alkanes) is 2. The van der Waals surface area contributed by atoms with Gasteiger partial charge in [0.25, 0.3) is 6.47 Å². The predicted octanol–water partition coefficient (Wildman–Crippen LogP) is 18.1. The van der Waals surface area contributed by atoms with Crippen molar-refractivity contribution in [3.63, 3.8) is 0 Å². The smallest absolute Gasteiger partial charge is 0.407 e. The minimum Gasteiger partial charge on any atom is -0.493 e. The third-order valence-corrected chi connectivity index (χ3v) is 16.6. The van der Waals surface area contributed by atoms with Crippen LogP contribution in [0.1, 0.15) is 210 Å². The molecule has 0 fully saturated rings. The number of nitrogens with one attached hydrogen (secondary N) is 2. The number of carbonyl (C=O) groups is 4. The van der Waals surface area contributed by atoms with Crippen molar-refractivity contribution in [2.24, 2.45) is 23.2 Å². The molecule has 0 saturated carbocycles. The second-order valence-corrected chi connectivity index (χ2v) is 27.8. The quantitative estimate of drug-likeness (QED) is 0.0135. The summed E-state index contributed by atoms with van der Waals surface area (Å²) in [6.07, 6.45) is 6.78. The van der Waals surface area contributed by atoms with Crippen LogP contribution in [0.4, 0.5) is 9.59 Å². The lowest BCUT2D eigenvalue weighted by atomic mass is 9.73. The Hall–Kier alpha value is -6.34. The molecule has 0 saturated heterocycles. The number of alkyl carbamates (subject to hydrolysis) is 2. The minimum absolute atomic E-state index is 0.0391. The van der Waals surface area contributed by atoms with Crippen molar-refractivity contribution >= 4 is 24.6 Å². The molecule has 0 spiro atoms. The van der Waals surface area contributed by atoms with Crippen molar-refractivity contribution < 1.29 is 76.0 Å². The van der Waals surface area contributed by atoms with E-state index in [-0.39, 0.29) is 73.4 Å². The number of rotatable bonds is 48. The number of amides is 2. The average Bonchev–Trinajstić information content (AvgIpc) is 0.848. The highest BCUT2D eigenvalue weighted by atomic mass is 16.6. The zero-order valence-corrected chi connectivity index (χ0v) is 64.0. The summed E-state index contributed by atoms with van der Waals surface area (Å²) in [6.45, 7) is 54.3. The first-order chi connectivity index (χ1) is 45.7. The van der Waals surface area contributed by atoms with E-state index in [1.807, 2.05) is 154 Å². The Kier molecular flexibility index (Phi) is 46.0. The zero-order chi connectivity index (χ0) is 73.6. The van der Waals surface area contributed by atoms with E-state index in [0.717, 1.165) is 55.8 Å². The second kappa shape index (κ2) is 49.2. The molecule has 554 valence electrons. The molecule has 0 bridgehead atoms. The molecule has 0 radical (unpaired) electrons. The minimum atomic E-state index is -0.955. The van der Waals surface area contributed by atoms with E-state index in [9.17, 15) is 19.2 Å². The summed E-state index contributed by atoms with van der Waals surface area (Å²) < 4.78 is 72.3. The van der Waals surface area contributed by atoms with Crippen LogP contribution in [-0.2, 0) is 47.5 Å². The molecule has 18 nitrogen and oxygen atoms in total. The van der Waals surface area contributed by atoms with Gasteiger partial charge in [-0.3, -0.25) is 4.79 Å². The van der Waals surface area contributed by atoms with Crippen LogP contribution in [0.3, 0.4) is 0 Å². The lowest BCUT2D eigenvalue weighted by Crippen LogP contribution is -2.48. The maximum absolute atomic E-state index is 13.0. The first-order valence-corrected chi connectivity index (χ1v) is 35.4. The van der Waals surface area contributed by atoms with Crippen molar-refractivity contribution in [2.45, 2.75) is 244 Å². The van der Waals surface area contributed by atoms with Gasteiger partial charge in [-0.1, -0.05) is 116 Å². The molecule has 0 aromatic heterocycles. The predicted molar refractivity (Wildman–Crippen MR) is 391 cm³/mol. The van der Waals surface area contributed by atoms with Crippen LogP contribution in [0, 0.1) is 23.2 Å². The number of hydrogen-bond acceptors (Lipinski definition) is 16. The highest BCUT2D eigenvalue weighted by Gasteiger charge is 2.42. The molecular formula is C79H132N2O16. The molecule has 3 rings (SSSR count). The Labute approximate surface area is 587 Å². The fourth-order valence-corrected chi connectivity index (χ4v) is 9.02. The first-order valence-electron chi connectivity index (χ1n) is 35.4. The van der Waals surface area contributed by atoms with E-state index < -0.39 is 35.0 Å². The van der Waals surface area contributed by atoms with Crippen LogP contribution in [0.5, 0.6) is 23.0 Å². The Balaban J connectivity index is 0.0000110. The van der Waals surface area contributed by atoms with Gasteiger partial charge in [-0.15, -0.1) is 6.58 Å². The molecule has 2 amide bonds. The van der Waals surface area contributed by atoms with Gasteiger partial charge < -0.3 is 67.5 Å². The van der Waals surface area contributed by atoms with Gasteiger partial charge in [0, 0.05) is 50.8 Å². The number of allylic oxidation sites excluding steroid dienone is 1. The van der Waals surface area contributed by atoms with E-state index in [4.69, 9.17) is 56.8 Å². The normalized spacial score (nSPS) is 12.9. The van der Waals surface area contributed by atoms with Gasteiger partial charge in [0.1, 0.15) is 34.2 Å². The molecule has 0 heterocycles. The lowest BCUT2D eigenvalue weighted by Gasteiger charge is -2.44. The summed E-state index contributed by atoms with van der Waals surface area (Å²) in [5.41, 5.74) is -1.87. The summed E-state index contributed by atoms with van der Waals surface area (Å²) in [5.74, 6) is 2.16. The van der Waals surface area contributed by atoms with Crippen molar-refractivity contribution in [3.05, 3.63) is 109 Å². The van der Waals surface area contributed by atoms with Crippen molar-refractivity contribution in [1.82, 2.24) is 10.6 Å². The lowest BCUT2D eigenvalue weighted by molar-refractivity contribution is -0.139. The molecule has 0 aliphatic rings. The number of hydrogen-bond donors (Lipinski definition) is 2. The fourth-order valence-electron chi connectivity index (χ4n) is 9.02. The Bertz CT molecular complexity index is 2580. The molecule has 97 heavy (non-hydrogen) atoms. The van der Waals surface area contributed by atoms with Gasteiger partial charge in [0.05, 0.1) is 87.6 Å². The Morgan fingerprint density at radius 2 is 0.928 bits per heavy atom. The van der Waals surface area contributed by atoms with Crippen LogP contribution in [-0.4, -0.2) is 138 Å². The molecule has 0 aliphatic carbocycles. The van der Waals surface area contributed by atoms with Crippen LogP contribution in [0.2, 0.25) is 0 Å². The van der Waals surface area contributed by atoms with Crippen molar-refractivity contribution in [1.29, 1.82) is 0 Å². The second-order valence-electron chi connectivity index (χ2n) is 27.8. The van der Waals surface area contributed by atoms with E-state index in [0.29, 0.717) is 89.7 Å². The van der Waals surface area contributed by atoms with Crippen LogP contribution >= 0.6 is 0 Å². The van der Waals surface area contributed by atoms with Gasteiger partial charge in [0.15, 0.2) is 0 Å². The molecule has 0 aliphatic heterocycles. The molecule has 4 atom stereocenters. The van der Waals surface area contributed by atoms with Crippen molar-refractivity contribution in [3.8, 4) is 23.0 Å².